The summed E-state index contributed by atoms with van der Waals surface area (Å²) < 4.78 is 28.4. The van der Waals surface area contributed by atoms with Crippen molar-refractivity contribution in [3.05, 3.63) is 54.1 Å². The molecule has 1 atom stereocenters. The van der Waals surface area contributed by atoms with Gasteiger partial charge in [0.05, 0.1) is 4.90 Å². The van der Waals surface area contributed by atoms with Crippen LogP contribution in [0.15, 0.2) is 53.4 Å². The van der Waals surface area contributed by atoms with Crippen molar-refractivity contribution in [2.75, 3.05) is 29.4 Å². The molecule has 2 aliphatic rings. The fraction of sp³-hybridized carbons (Fsp3) is 0.435. The van der Waals surface area contributed by atoms with Crippen LogP contribution in [0.1, 0.15) is 38.2 Å². The van der Waals surface area contributed by atoms with Crippen LogP contribution in [0.2, 0.25) is 0 Å². The number of amides is 1. The predicted octanol–water partition coefficient (Wildman–Crippen LogP) is 3.53. The van der Waals surface area contributed by atoms with Gasteiger partial charge in [-0.25, -0.2) is 13.1 Å². The summed E-state index contributed by atoms with van der Waals surface area (Å²) in [7, 11) is -3.64. The van der Waals surface area contributed by atoms with E-state index in [1.54, 1.807) is 29.2 Å². The zero-order chi connectivity index (χ0) is 21.1. The Hall–Kier alpha value is -2.38. The van der Waals surface area contributed by atoms with Gasteiger partial charge < -0.3 is 9.80 Å². The molecule has 2 heterocycles. The second kappa shape index (κ2) is 8.78. The van der Waals surface area contributed by atoms with Crippen molar-refractivity contribution in [3.8, 4) is 0 Å². The van der Waals surface area contributed by atoms with E-state index in [1.807, 2.05) is 18.2 Å². The molecule has 6 nitrogen and oxygen atoms in total. The number of piperidine rings is 1. The van der Waals surface area contributed by atoms with Crippen LogP contribution < -0.4 is 14.5 Å². The van der Waals surface area contributed by atoms with Gasteiger partial charge in [-0.1, -0.05) is 25.1 Å². The van der Waals surface area contributed by atoms with E-state index in [-0.39, 0.29) is 17.3 Å². The highest BCUT2D eigenvalue weighted by atomic mass is 32.2. The maximum Gasteiger partial charge on any atom is 0.240 e. The van der Waals surface area contributed by atoms with Crippen LogP contribution in [0.3, 0.4) is 0 Å². The molecule has 0 bridgehead atoms. The monoisotopic (exact) mass is 427 g/mol. The van der Waals surface area contributed by atoms with Crippen LogP contribution in [-0.4, -0.2) is 34.0 Å². The maximum absolute atomic E-state index is 12.8. The summed E-state index contributed by atoms with van der Waals surface area (Å²) in [5.41, 5.74) is 2.84. The molecule has 0 unspecified atom stereocenters. The van der Waals surface area contributed by atoms with Crippen LogP contribution in [0, 0.1) is 5.92 Å². The number of para-hydroxylation sites is 1. The molecular weight excluding hydrogens is 398 g/mol. The highest BCUT2D eigenvalue weighted by Crippen LogP contribution is 2.27. The third kappa shape index (κ3) is 4.52. The summed E-state index contributed by atoms with van der Waals surface area (Å²) in [4.78, 5) is 16.2. The summed E-state index contributed by atoms with van der Waals surface area (Å²) in [6, 6.07) is 14.6. The molecule has 2 aliphatic heterocycles. The molecule has 160 valence electrons. The van der Waals surface area contributed by atoms with Gasteiger partial charge in [-0.15, -0.1) is 0 Å². The Labute approximate surface area is 178 Å². The van der Waals surface area contributed by atoms with Gasteiger partial charge >= 0.3 is 0 Å². The second-order valence-corrected chi connectivity index (χ2v) is 10.1. The lowest BCUT2D eigenvalue weighted by Crippen LogP contribution is -2.35. The Balaban J connectivity index is 1.46. The highest BCUT2D eigenvalue weighted by molar-refractivity contribution is 7.89. The van der Waals surface area contributed by atoms with Crippen molar-refractivity contribution in [1.29, 1.82) is 0 Å². The number of benzene rings is 2. The SMILES string of the molecule is C[C@H]1CCCN(c2ccccc2CNS(=O)(=O)c2ccc(N3CCCC3=O)cc2)C1. The zero-order valence-corrected chi connectivity index (χ0v) is 18.2. The van der Waals surface area contributed by atoms with E-state index in [0.717, 1.165) is 42.9 Å². The summed E-state index contributed by atoms with van der Waals surface area (Å²) >= 11 is 0. The van der Waals surface area contributed by atoms with E-state index in [4.69, 9.17) is 0 Å². The molecule has 0 radical (unpaired) electrons. The number of carbonyl (C=O) groups excluding carboxylic acids is 1. The number of carbonyl (C=O) groups is 1. The number of nitrogens with one attached hydrogen (secondary N) is 1. The number of sulfonamides is 1. The average Bonchev–Trinajstić information content (AvgIpc) is 3.18. The standard InChI is InChI=1S/C23H29N3O3S/c1-18-6-4-14-25(17-18)22-8-3-2-7-19(22)16-24-30(28,29)21-12-10-20(11-13-21)26-15-5-9-23(26)27/h2-3,7-8,10-13,18,24H,4-6,9,14-17H2,1H3/t18-/m0/s1. The van der Waals surface area contributed by atoms with Gasteiger partial charge in [0.1, 0.15) is 0 Å². The van der Waals surface area contributed by atoms with Crippen molar-refractivity contribution < 1.29 is 13.2 Å². The van der Waals surface area contributed by atoms with Gasteiger partial charge in [-0.05, 0) is 61.1 Å². The molecule has 2 aromatic carbocycles. The van der Waals surface area contributed by atoms with Crippen molar-refractivity contribution in [2.24, 2.45) is 5.92 Å². The number of nitrogens with zero attached hydrogens (tertiary/aromatic N) is 2. The van der Waals surface area contributed by atoms with E-state index >= 15 is 0 Å². The summed E-state index contributed by atoms with van der Waals surface area (Å²) in [5, 5.41) is 0. The molecule has 2 saturated heterocycles. The van der Waals surface area contributed by atoms with Crippen molar-refractivity contribution >= 4 is 27.3 Å². The molecule has 0 aromatic heterocycles. The van der Waals surface area contributed by atoms with Gasteiger partial charge in [0.2, 0.25) is 15.9 Å². The Kier molecular flexibility index (Phi) is 6.11. The maximum atomic E-state index is 12.8. The average molecular weight is 428 g/mol. The largest absolute Gasteiger partial charge is 0.371 e. The smallest absolute Gasteiger partial charge is 0.240 e. The molecule has 1 amide bonds. The highest BCUT2D eigenvalue weighted by Gasteiger charge is 2.23. The van der Waals surface area contributed by atoms with E-state index in [2.05, 4.69) is 22.6 Å². The minimum Gasteiger partial charge on any atom is -0.371 e. The topological polar surface area (TPSA) is 69.7 Å². The third-order valence-electron chi connectivity index (χ3n) is 5.97. The first-order valence-electron chi connectivity index (χ1n) is 10.7. The number of hydrogen-bond acceptors (Lipinski definition) is 4. The van der Waals surface area contributed by atoms with E-state index in [1.165, 1.54) is 6.42 Å². The second-order valence-electron chi connectivity index (χ2n) is 8.29. The number of anilines is 2. The first-order valence-corrected chi connectivity index (χ1v) is 12.2. The molecule has 30 heavy (non-hydrogen) atoms. The Morgan fingerprint density at radius 2 is 1.80 bits per heavy atom. The van der Waals surface area contributed by atoms with Gasteiger partial charge in [-0.2, -0.15) is 0 Å². The van der Waals surface area contributed by atoms with E-state index in [0.29, 0.717) is 18.9 Å². The summed E-state index contributed by atoms with van der Waals surface area (Å²) in [5.74, 6) is 0.733. The molecule has 2 aromatic rings. The summed E-state index contributed by atoms with van der Waals surface area (Å²) in [6.45, 7) is 5.20. The zero-order valence-electron chi connectivity index (χ0n) is 17.4. The van der Waals surface area contributed by atoms with E-state index in [9.17, 15) is 13.2 Å². The summed E-state index contributed by atoms with van der Waals surface area (Å²) in [6.07, 6.45) is 3.80. The number of hydrogen-bond donors (Lipinski definition) is 1. The first kappa shape index (κ1) is 20.9. The first-order chi connectivity index (χ1) is 14.4. The molecule has 0 aliphatic carbocycles. The lowest BCUT2D eigenvalue weighted by molar-refractivity contribution is -0.117. The van der Waals surface area contributed by atoms with Gasteiger partial charge in [0.15, 0.2) is 0 Å². The van der Waals surface area contributed by atoms with Crippen LogP contribution in [0.5, 0.6) is 0 Å². The van der Waals surface area contributed by atoms with Crippen molar-refractivity contribution in [3.63, 3.8) is 0 Å². The quantitative estimate of drug-likeness (QED) is 0.766. The van der Waals surface area contributed by atoms with E-state index < -0.39 is 10.0 Å². The normalized spacial score (nSPS) is 20.0. The molecule has 4 rings (SSSR count). The fourth-order valence-electron chi connectivity index (χ4n) is 4.36. The lowest BCUT2D eigenvalue weighted by atomic mass is 9.99. The van der Waals surface area contributed by atoms with Crippen molar-refractivity contribution in [1.82, 2.24) is 4.72 Å². The molecular formula is C23H29N3O3S. The minimum absolute atomic E-state index is 0.0902. The molecule has 0 saturated carbocycles. The molecule has 7 heteroatoms. The number of rotatable bonds is 6. The van der Waals surface area contributed by atoms with Crippen LogP contribution in [0.4, 0.5) is 11.4 Å². The van der Waals surface area contributed by atoms with Crippen LogP contribution in [-0.2, 0) is 21.4 Å². The van der Waals surface area contributed by atoms with Gasteiger partial charge in [-0.3, -0.25) is 4.79 Å². The minimum atomic E-state index is -3.64. The Morgan fingerprint density at radius 1 is 1.03 bits per heavy atom. The van der Waals surface area contributed by atoms with Gasteiger partial charge in [0, 0.05) is 44.0 Å². The van der Waals surface area contributed by atoms with Gasteiger partial charge in [0.25, 0.3) is 0 Å². The fourth-order valence-corrected chi connectivity index (χ4v) is 5.37. The van der Waals surface area contributed by atoms with Crippen LogP contribution >= 0.6 is 0 Å². The third-order valence-corrected chi connectivity index (χ3v) is 7.39. The van der Waals surface area contributed by atoms with Crippen LogP contribution in [0.25, 0.3) is 0 Å². The molecule has 0 spiro atoms. The van der Waals surface area contributed by atoms with Crippen molar-refractivity contribution in [2.45, 2.75) is 44.0 Å². The lowest BCUT2D eigenvalue weighted by Gasteiger charge is -2.34. The predicted molar refractivity (Wildman–Crippen MR) is 119 cm³/mol. The molecule has 1 N–H and O–H groups in total. The molecule has 2 fully saturated rings. The Bertz CT molecular complexity index is 1000. The Morgan fingerprint density at radius 3 is 2.50 bits per heavy atom.